The smallest absolute Gasteiger partial charge is 0.269 e. The molecule has 0 radical (unpaired) electrons. The molecule has 6 heteroatoms. The molecule has 0 aliphatic heterocycles. The van der Waals surface area contributed by atoms with Gasteiger partial charge in [0, 0.05) is 12.1 Å². The van der Waals surface area contributed by atoms with Gasteiger partial charge in [-0.15, -0.1) is 0 Å². The maximum Gasteiger partial charge on any atom is 0.269 e. The van der Waals surface area contributed by atoms with Crippen molar-refractivity contribution < 1.29 is 13.9 Å². The number of ether oxygens (including phenoxy) is 1. The first-order chi connectivity index (χ1) is 12.2. The minimum Gasteiger partial charge on any atom is -0.494 e. The minimum absolute atomic E-state index is 0.212. The van der Waals surface area contributed by atoms with Crippen LogP contribution in [0, 0.1) is 5.82 Å². The van der Waals surface area contributed by atoms with E-state index in [0.717, 1.165) is 11.3 Å². The van der Waals surface area contributed by atoms with Gasteiger partial charge in [-0.25, -0.2) is 4.39 Å². The van der Waals surface area contributed by atoms with Crippen molar-refractivity contribution in [2.45, 2.75) is 6.42 Å². The average molecular weight is 339 g/mol. The Labute approximate surface area is 144 Å². The molecule has 0 unspecified atom stereocenters. The van der Waals surface area contributed by atoms with E-state index < -0.39 is 0 Å². The standard InChI is InChI=1S/C19H18FN3O2/c20-15-7-9-16(10-8-15)25-12-4-11-21-19(24)18-13-17(22-23-18)14-5-2-1-3-6-14/h1-3,5-10,13H,4,11-12H2,(H,21,24)(H,22,23). The summed E-state index contributed by atoms with van der Waals surface area (Å²) in [7, 11) is 0. The highest BCUT2D eigenvalue weighted by Crippen LogP contribution is 2.16. The first-order valence-electron chi connectivity index (χ1n) is 8.00. The van der Waals surface area contributed by atoms with Crippen LogP contribution in [0.1, 0.15) is 16.9 Å². The molecule has 0 fully saturated rings. The summed E-state index contributed by atoms with van der Waals surface area (Å²) in [6.07, 6.45) is 0.642. The Morgan fingerprint density at radius 1 is 1.12 bits per heavy atom. The molecular weight excluding hydrogens is 321 g/mol. The van der Waals surface area contributed by atoms with Gasteiger partial charge in [-0.1, -0.05) is 30.3 Å². The number of carbonyl (C=O) groups excluding carboxylic acids is 1. The number of halogens is 1. The number of nitrogens with zero attached hydrogens (tertiary/aromatic N) is 1. The molecule has 0 aliphatic rings. The van der Waals surface area contributed by atoms with Crippen molar-refractivity contribution in [3.05, 3.63) is 72.2 Å². The summed E-state index contributed by atoms with van der Waals surface area (Å²) in [6, 6.07) is 17.2. The lowest BCUT2D eigenvalue weighted by atomic mass is 10.1. The normalized spacial score (nSPS) is 10.4. The maximum absolute atomic E-state index is 12.8. The molecule has 3 rings (SSSR count). The highest BCUT2D eigenvalue weighted by molar-refractivity contribution is 5.93. The molecule has 5 nitrogen and oxygen atoms in total. The molecule has 0 bridgehead atoms. The number of carbonyl (C=O) groups is 1. The lowest BCUT2D eigenvalue weighted by molar-refractivity contribution is 0.0946. The summed E-state index contributed by atoms with van der Waals surface area (Å²) in [5.41, 5.74) is 2.09. The number of aromatic nitrogens is 2. The van der Waals surface area contributed by atoms with Crippen molar-refractivity contribution in [1.82, 2.24) is 15.5 Å². The van der Waals surface area contributed by atoms with Gasteiger partial charge >= 0.3 is 0 Å². The molecule has 2 N–H and O–H groups in total. The minimum atomic E-state index is -0.297. The van der Waals surface area contributed by atoms with Crippen LogP contribution in [-0.4, -0.2) is 29.3 Å². The van der Waals surface area contributed by atoms with Crippen LogP contribution < -0.4 is 10.1 Å². The van der Waals surface area contributed by atoms with Gasteiger partial charge in [0.1, 0.15) is 17.3 Å². The van der Waals surface area contributed by atoms with Gasteiger partial charge in [-0.05, 0) is 36.8 Å². The predicted octanol–water partition coefficient (Wildman–Crippen LogP) is 3.41. The Hall–Kier alpha value is -3.15. The van der Waals surface area contributed by atoms with Gasteiger partial charge < -0.3 is 10.1 Å². The van der Waals surface area contributed by atoms with Gasteiger partial charge in [0.15, 0.2) is 0 Å². The third kappa shape index (κ3) is 4.67. The second-order valence-corrected chi connectivity index (χ2v) is 5.44. The van der Waals surface area contributed by atoms with E-state index in [1.807, 2.05) is 30.3 Å². The second-order valence-electron chi connectivity index (χ2n) is 5.44. The molecule has 1 amide bonds. The van der Waals surface area contributed by atoms with Crippen LogP contribution in [0.4, 0.5) is 4.39 Å². The van der Waals surface area contributed by atoms with Crippen LogP contribution in [0.2, 0.25) is 0 Å². The van der Waals surface area contributed by atoms with E-state index >= 15 is 0 Å². The molecule has 0 aliphatic carbocycles. The Balaban J connectivity index is 1.42. The van der Waals surface area contributed by atoms with E-state index in [1.54, 1.807) is 18.2 Å². The number of nitrogens with one attached hydrogen (secondary N) is 2. The number of amides is 1. The quantitative estimate of drug-likeness (QED) is 0.648. The zero-order valence-electron chi connectivity index (χ0n) is 13.5. The van der Waals surface area contributed by atoms with Crippen molar-refractivity contribution in [2.24, 2.45) is 0 Å². The number of aromatic amines is 1. The molecule has 3 aromatic rings. The van der Waals surface area contributed by atoms with Crippen LogP contribution in [0.25, 0.3) is 11.3 Å². The monoisotopic (exact) mass is 339 g/mol. The first kappa shape index (κ1) is 16.7. The zero-order valence-corrected chi connectivity index (χ0v) is 13.5. The number of benzene rings is 2. The first-order valence-corrected chi connectivity index (χ1v) is 8.00. The number of rotatable bonds is 7. The summed E-state index contributed by atoms with van der Waals surface area (Å²) >= 11 is 0. The lowest BCUT2D eigenvalue weighted by Crippen LogP contribution is -2.25. The summed E-state index contributed by atoms with van der Waals surface area (Å²) in [6.45, 7) is 0.907. The SMILES string of the molecule is O=C(NCCCOc1ccc(F)cc1)c1cc(-c2ccccc2)n[nH]1. The van der Waals surface area contributed by atoms with Gasteiger partial charge in [0.05, 0.1) is 12.3 Å². The molecule has 128 valence electrons. The number of hydrogen-bond donors (Lipinski definition) is 2. The number of H-pyrrole nitrogens is 1. The van der Waals surface area contributed by atoms with Crippen LogP contribution in [-0.2, 0) is 0 Å². The Morgan fingerprint density at radius 2 is 1.88 bits per heavy atom. The highest BCUT2D eigenvalue weighted by Gasteiger charge is 2.10. The van der Waals surface area contributed by atoms with Crippen molar-refractivity contribution >= 4 is 5.91 Å². The van der Waals surface area contributed by atoms with E-state index in [1.165, 1.54) is 12.1 Å². The second kappa shape index (κ2) is 8.10. The van der Waals surface area contributed by atoms with Gasteiger partial charge in [-0.3, -0.25) is 9.89 Å². The van der Waals surface area contributed by atoms with Crippen molar-refractivity contribution in [2.75, 3.05) is 13.2 Å². The molecule has 1 heterocycles. The molecule has 0 spiro atoms. The fourth-order valence-electron chi connectivity index (χ4n) is 2.28. The van der Waals surface area contributed by atoms with E-state index in [9.17, 15) is 9.18 Å². The van der Waals surface area contributed by atoms with Crippen molar-refractivity contribution in [1.29, 1.82) is 0 Å². The largest absolute Gasteiger partial charge is 0.494 e. The fourth-order valence-corrected chi connectivity index (χ4v) is 2.28. The highest BCUT2D eigenvalue weighted by atomic mass is 19.1. The topological polar surface area (TPSA) is 67.0 Å². The molecule has 0 atom stereocenters. The Bertz CT molecular complexity index is 816. The third-order valence-corrected chi connectivity index (χ3v) is 3.58. The van der Waals surface area contributed by atoms with Gasteiger partial charge in [0.2, 0.25) is 0 Å². The van der Waals surface area contributed by atoms with Gasteiger partial charge in [-0.2, -0.15) is 5.10 Å². The van der Waals surface area contributed by atoms with E-state index in [-0.39, 0.29) is 11.7 Å². The molecule has 25 heavy (non-hydrogen) atoms. The van der Waals surface area contributed by atoms with Crippen LogP contribution in [0.15, 0.2) is 60.7 Å². The van der Waals surface area contributed by atoms with E-state index in [0.29, 0.717) is 31.0 Å². The summed E-state index contributed by atoms with van der Waals surface area (Å²) in [5, 5.41) is 9.71. The summed E-state index contributed by atoms with van der Waals surface area (Å²) < 4.78 is 18.3. The summed E-state index contributed by atoms with van der Waals surface area (Å²) in [5.74, 6) is 0.0966. The lowest BCUT2D eigenvalue weighted by Gasteiger charge is -2.06. The van der Waals surface area contributed by atoms with Crippen molar-refractivity contribution in [3.8, 4) is 17.0 Å². The summed E-state index contributed by atoms with van der Waals surface area (Å²) in [4.78, 5) is 12.1. The fraction of sp³-hybridized carbons (Fsp3) is 0.158. The van der Waals surface area contributed by atoms with Gasteiger partial charge in [0.25, 0.3) is 5.91 Å². The zero-order chi connectivity index (χ0) is 17.5. The molecule has 0 saturated carbocycles. The molecule has 2 aromatic carbocycles. The third-order valence-electron chi connectivity index (χ3n) is 3.58. The van der Waals surface area contributed by atoms with Crippen LogP contribution >= 0.6 is 0 Å². The Morgan fingerprint density at radius 3 is 2.64 bits per heavy atom. The van der Waals surface area contributed by atoms with Crippen LogP contribution in [0.5, 0.6) is 5.75 Å². The average Bonchev–Trinajstić information content (AvgIpc) is 3.14. The predicted molar refractivity (Wildman–Crippen MR) is 92.9 cm³/mol. The van der Waals surface area contributed by atoms with Crippen LogP contribution in [0.3, 0.4) is 0 Å². The molecule has 1 aromatic heterocycles. The molecule has 0 saturated heterocycles. The molecular formula is C19H18FN3O2. The number of hydrogen-bond acceptors (Lipinski definition) is 3. The maximum atomic E-state index is 12.8. The van der Waals surface area contributed by atoms with E-state index in [4.69, 9.17) is 4.74 Å². The van der Waals surface area contributed by atoms with Crippen molar-refractivity contribution in [3.63, 3.8) is 0 Å². The van der Waals surface area contributed by atoms with E-state index in [2.05, 4.69) is 15.5 Å². The Kier molecular flexibility index (Phi) is 5.41.